The minimum atomic E-state index is -0.170. The van der Waals surface area contributed by atoms with Crippen LogP contribution in [-0.2, 0) is 0 Å². The van der Waals surface area contributed by atoms with Crippen molar-refractivity contribution in [3.8, 4) is 11.5 Å². The monoisotopic (exact) mass is 260 g/mol. The van der Waals surface area contributed by atoms with Crippen LogP contribution < -0.4 is 9.47 Å². The van der Waals surface area contributed by atoms with Gasteiger partial charge >= 0.3 is 0 Å². The van der Waals surface area contributed by atoms with Crippen LogP contribution in [0.4, 0.5) is 0 Å². The molecule has 0 atom stereocenters. The molecule has 90 valence electrons. The first kappa shape index (κ1) is 10.9. The van der Waals surface area contributed by atoms with Crippen LogP contribution >= 0.6 is 11.5 Å². The van der Waals surface area contributed by atoms with Gasteiger partial charge in [-0.05, 0) is 29.7 Å². The number of nitrogens with zero attached hydrogens (tertiary/aromatic N) is 2. The summed E-state index contributed by atoms with van der Waals surface area (Å²) in [7, 11) is 1.56. The quantitative estimate of drug-likeness (QED) is 0.774. The number of hydrogen-bond acceptors (Lipinski definition) is 6. The predicted octanol–water partition coefficient (Wildman–Crippen LogP) is 2.16. The van der Waals surface area contributed by atoms with E-state index in [2.05, 4.69) is 9.59 Å². The first-order valence-electron chi connectivity index (χ1n) is 5.17. The summed E-state index contributed by atoms with van der Waals surface area (Å²) in [4.78, 5) is 12.1. The Balaban J connectivity index is 1.99. The maximum absolute atomic E-state index is 12.1. The lowest BCUT2D eigenvalue weighted by molar-refractivity contribution is 0.101. The van der Waals surface area contributed by atoms with Gasteiger partial charge in [-0.15, -0.1) is 5.10 Å². The third-order valence-corrected chi connectivity index (χ3v) is 3.05. The predicted molar refractivity (Wildman–Crippen MR) is 65.8 cm³/mol. The number of carbonyl (C=O) groups excluding carboxylic acids is 1. The number of methoxy groups -OCH3 is 1. The highest BCUT2D eigenvalue weighted by Crippen LogP contribution is 2.34. The molecule has 2 heterocycles. The second-order valence-corrected chi connectivity index (χ2v) is 4.24. The largest absolute Gasteiger partial charge is 0.497 e. The molecule has 0 saturated carbocycles. The maximum atomic E-state index is 12.1. The van der Waals surface area contributed by atoms with Crippen LogP contribution in [0.3, 0.4) is 0 Å². The fourth-order valence-electron chi connectivity index (χ4n) is 1.66. The topological polar surface area (TPSA) is 61.3 Å². The number of Topliss-reactive ketones (excluding diaryl/α,β-unsaturated/α-hetero) is 1. The van der Waals surface area contributed by atoms with Gasteiger partial charge in [0.2, 0.25) is 5.78 Å². The average Bonchev–Trinajstić information content (AvgIpc) is 2.99. The van der Waals surface area contributed by atoms with Crippen molar-refractivity contribution in [1.29, 1.82) is 0 Å². The smallest absolute Gasteiger partial charge is 0.232 e. The van der Waals surface area contributed by atoms with Gasteiger partial charge in [0.15, 0.2) is 5.76 Å². The van der Waals surface area contributed by atoms with E-state index in [9.17, 15) is 4.79 Å². The Kier molecular flexibility index (Phi) is 2.56. The van der Waals surface area contributed by atoms with Crippen LogP contribution in [0, 0.1) is 0 Å². The van der Waals surface area contributed by atoms with Crippen LogP contribution in [0.15, 0.2) is 29.3 Å². The lowest BCUT2D eigenvalue weighted by atomic mass is 10.1. The van der Waals surface area contributed by atoms with Gasteiger partial charge < -0.3 is 9.47 Å². The van der Waals surface area contributed by atoms with E-state index in [4.69, 9.17) is 9.47 Å². The summed E-state index contributed by atoms with van der Waals surface area (Å²) in [5.74, 6) is 1.25. The van der Waals surface area contributed by atoms with Crippen molar-refractivity contribution >= 4 is 23.4 Å². The molecule has 6 heteroatoms. The summed E-state index contributed by atoms with van der Waals surface area (Å²) in [6, 6.07) is 5.13. The molecule has 0 saturated heterocycles. The van der Waals surface area contributed by atoms with Crippen molar-refractivity contribution in [1.82, 2.24) is 9.59 Å². The van der Waals surface area contributed by atoms with Crippen molar-refractivity contribution in [3.05, 3.63) is 40.6 Å². The number of fused-ring (bicyclic) bond motifs is 1. The number of benzene rings is 1. The first-order valence-corrected chi connectivity index (χ1v) is 6.01. The Morgan fingerprint density at radius 3 is 3.06 bits per heavy atom. The lowest BCUT2D eigenvalue weighted by Crippen LogP contribution is -1.98. The third-order valence-electron chi connectivity index (χ3n) is 2.53. The number of hydrogen-bond donors (Lipinski definition) is 0. The molecule has 0 radical (unpaired) electrons. The molecule has 0 unspecified atom stereocenters. The lowest BCUT2D eigenvalue weighted by Gasteiger charge is -2.00. The fourth-order valence-corrected chi connectivity index (χ4v) is 2.08. The summed E-state index contributed by atoms with van der Waals surface area (Å²) in [6.07, 6.45) is 1.58. The molecule has 18 heavy (non-hydrogen) atoms. The van der Waals surface area contributed by atoms with E-state index in [0.29, 0.717) is 22.8 Å². The Hall–Kier alpha value is -2.21. The van der Waals surface area contributed by atoms with E-state index in [1.54, 1.807) is 36.8 Å². The van der Waals surface area contributed by atoms with Crippen molar-refractivity contribution in [2.24, 2.45) is 0 Å². The van der Waals surface area contributed by atoms with Crippen LogP contribution in [0.2, 0.25) is 0 Å². The van der Waals surface area contributed by atoms with Gasteiger partial charge in [-0.25, -0.2) is 0 Å². The summed E-state index contributed by atoms with van der Waals surface area (Å²) >= 11 is 1.22. The molecule has 0 fully saturated rings. The van der Waals surface area contributed by atoms with E-state index >= 15 is 0 Å². The first-order chi connectivity index (χ1) is 8.78. The molecule has 0 N–H and O–H groups in total. The number of rotatable bonds is 2. The van der Waals surface area contributed by atoms with E-state index < -0.39 is 0 Å². The van der Waals surface area contributed by atoms with Gasteiger partial charge in [-0.3, -0.25) is 4.79 Å². The SMILES string of the molecule is COc1ccc2c(c1)C(=O)/C(=C\c1csnn1)O2. The molecular formula is C12H8N2O3S. The molecule has 0 aliphatic carbocycles. The molecule has 5 nitrogen and oxygen atoms in total. The zero-order chi connectivity index (χ0) is 12.5. The second kappa shape index (κ2) is 4.23. The number of ketones is 1. The molecule has 1 aliphatic heterocycles. The van der Waals surface area contributed by atoms with Crippen LogP contribution in [-0.4, -0.2) is 22.5 Å². The molecular weight excluding hydrogens is 252 g/mol. The van der Waals surface area contributed by atoms with Crippen molar-refractivity contribution in [2.45, 2.75) is 0 Å². The summed E-state index contributed by atoms with van der Waals surface area (Å²) in [5, 5.41) is 5.59. The van der Waals surface area contributed by atoms with Gasteiger partial charge in [-0.1, -0.05) is 4.49 Å². The average molecular weight is 260 g/mol. The highest BCUT2D eigenvalue weighted by Gasteiger charge is 2.27. The highest BCUT2D eigenvalue weighted by molar-refractivity contribution is 7.03. The Bertz CT molecular complexity index is 635. The van der Waals surface area contributed by atoms with Crippen molar-refractivity contribution < 1.29 is 14.3 Å². The molecule has 0 bridgehead atoms. The Labute approximate surface area is 107 Å². The van der Waals surface area contributed by atoms with Crippen LogP contribution in [0.25, 0.3) is 6.08 Å². The molecule has 1 aromatic carbocycles. The zero-order valence-corrected chi connectivity index (χ0v) is 10.2. The van der Waals surface area contributed by atoms with E-state index in [1.807, 2.05) is 0 Å². The van der Waals surface area contributed by atoms with Gasteiger partial charge in [0.1, 0.15) is 17.2 Å². The van der Waals surface area contributed by atoms with E-state index in [1.165, 1.54) is 11.5 Å². The van der Waals surface area contributed by atoms with Gasteiger partial charge in [0.25, 0.3) is 0 Å². The molecule has 3 rings (SSSR count). The second-order valence-electron chi connectivity index (χ2n) is 3.63. The minimum absolute atomic E-state index is 0.170. The van der Waals surface area contributed by atoms with E-state index in [-0.39, 0.29) is 11.5 Å². The normalized spacial score (nSPS) is 15.6. The van der Waals surface area contributed by atoms with Crippen molar-refractivity contribution in [3.63, 3.8) is 0 Å². The highest BCUT2D eigenvalue weighted by atomic mass is 32.1. The third kappa shape index (κ3) is 1.76. The fraction of sp³-hybridized carbons (Fsp3) is 0.0833. The van der Waals surface area contributed by atoms with E-state index in [0.717, 1.165) is 0 Å². The number of ether oxygens (including phenoxy) is 2. The molecule has 1 aliphatic rings. The summed E-state index contributed by atoms with van der Waals surface area (Å²) in [5.41, 5.74) is 1.12. The summed E-state index contributed by atoms with van der Waals surface area (Å²) in [6.45, 7) is 0. The summed E-state index contributed by atoms with van der Waals surface area (Å²) < 4.78 is 14.3. The van der Waals surface area contributed by atoms with Gasteiger partial charge in [-0.2, -0.15) is 0 Å². The van der Waals surface area contributed by atoms with Gasteiger partial charge in [0, 0.05) is 11.5 Å². The van der Waals surface area contributed by atoms with Crippen molar-refractivity contribution in [2.75, 3.05) is 7.11 Å². The molecule has 0 spiro atoms. The van der Waals surface area contributed by atoms with Gasteiger partial charge in [0.05, 0.1) is 12.7 Å². The maximum Gasteiger partial charge on any atom is 0.232 e. The number of allylic oxidation sites excluding steroid dienone is 1. The Morgan fingerprint density at radius 2 is 2.33 bits per heavy atom. The standard InChI is InChI=1S/C12H8N2O3S/c1-16-8-2-3-10-9(5-8)12(15)11(17-10)4-7-6-18-14-13-7/h2-6H,1H3/b11-4+. The number of carbonyl (C=O) groups is 1. The zero-order valence-electron chi connectivity index (χ0n) is 9.41. The Morgan fingerprint density at radius 1 is 1.44 bits per heavy atom. The van der Waals surface area contributed by atoms with Crippen LogP contribution in [0.5, 0.6) is 11.5 Å². The van der Waals surface area contributed by atoms with Crippen LogP contribution in [0.1, 0.15) is 16.1 Å². The molecule has 0 amide bonds. The number of aromatic nitrogens is 2. The molecule has 2 aromatic rings. The minimum Gasteiger partial charge on any atom is -0.497 e. The molecule has 1 aromatic heterocycles.